The van der Waals surface area contributed by atoms with E-state index in [2.05, 4.69) is 10.1 Å². The molecule has 4 nitrogen and oxygen atoms in total. The van der Waals surface area contributed by atoms with Crippen molar-refractivity contribution in [1.29, 1.82) is 0 Å². The Bertz CT molecular complexity index is 575. The lowest BCUT2D eigenvalue weighted by Crippen LogP contribution is -2.16. The van der Waals surface area contributed by atoms with E-state index in [0.29, 0.717) is 0 Å². The largest absolute Gasteiger partial charge is 0.337 e. The fraction of sp³-hybridized carbons (Fsp3) is 0.333. The summed E-state index contributed by atoms with van der Waals surface area (Å²) in [7, 11) is 0. The number of benzene rings is 1. The van der Waals surface area contributed by atoms with Crippen molar-refractivity contribution in [3.63, 3.8) is 0 Å². The van der Waals surface area contributed by atoms with Crippen LogP contribution in [0.15, 0.2) is 16.7 Å². The van der Waals surface area contributed by atoms with E-state index >= 15 is 0 Å². The van der Waals surface area contributed by atoms with Crippen molar-refractivity contribution in [1.82, 2.24) is 10.1 Å². The van der Waals surface area contributed by atoms with Crippen LogP contribution in [0.3, 0.4) is 0 Å². The predicted octanol–water partition coefficient (Wildman–Crippen LogP) is 2.81. The summed E-state index contributed by atoms with van der Waals surface area (Å²) in [5.74, 6) is -3.97. The van der Waals surface area contributed by atoms with Crippen molar-refractivity contribution in [3.8, 4) is 11.4 Å². The molecule has 7 heteroatoms. The summed E-state index contributed by atoms with van der Waals surface area (Å²) in [5.41, 5.74) is 5.80. The first-order valence-electron chi connectivity index (χ1n) is 5.64. The molecule has 1 aromatic carbocycles. The van der Waals surface area contributed by atoms with Gasteiger partial charge in [0.05, 0.1) is 6.04 Å². The molecule has 1 heterocycles. The molecule has 0 bridgehead atoms. The Kier molecular flexibility index (Phi) is 3.57. The highest BCUT2D eigenvalue weighted by Gasteiger charge is 2.20. The van der Waals surface area contributed by atoms with Gasteiger partial charge in [-0.1, -0.05) is 19.0 Å². The average Bonchev–Trinajstić information content (AvgIpc) is 2.83. The normalized spacial score (nSPS) is 13.0. The van der Waals surface area contributed by atoms with Crippen LogP contribution in [0, 0.1) is 23.4 Å². The summed E-state index contributed by atoms with van der Waals surface area (Å²) in [6.07, 6.45) is 0. The third-order valence-electron chi connectivity index (χ3n) is 2.69. The second-order valence-corrected chi connectivity index (χ2v) is 4.48. The molecule has 0 radical (unpaired) electrons. The third-order valence-corrected chi connectivity index (χ3v) is 2.69. The minimum atomic E-state index is -1.54. The molecule has 19 heavy (non-hydrogen) atoms. The second-order valence-electron chi connectivity index (χ2n) is 4.48. The van der Waals surface area contributed by atoms with Crippen molar-refractivity contribution in [3.05, 3.63) is 35.5 Å². The van der Waals surface area contributed by atoms with Crippen LogP contribution >= 0.6 is 0 Å². The monoisotopic (exact) mass is 271 g/mol. The van der Waals surface area contributed by atoms with Crippen LogP contribution < -0.4 is 5.73 Å². The van der Waals surface area contributed by atoms with Gasteiger partial charge in [-0.25, -0.2) is 13.2 Å². The summed E-state index contributed by atoms with van der Waals surface area (Å²) in [6.45, 7) is 3.73. The standard InChI is InChI=1S/C12H12F3N3O/c1-5(2)10(16)12-17-11(18-19-12)6-3-7(13)9(15)8(14)4-6/h3-5,10H,16H2,1-2H3/t10-/m1/s1. The molecule has 0 aliphatic heterocycles. The van der Waals surface area contributed by atoms with Crippen molar-refractivity contribution in [2.75, 3.05) is 0 Å². The fourth-order valence-corrected chi connectivity index (χ4v) is 1.46. The molecular formula is C12H12F3N3O. The van der Waals surface area contributed by atoms with Crippen LogP contribution in [0.5, 0.6) is 0 Å². The predicted molar refractivity (Wildman–Crippen MR) is 61.4 cm³/mol. The van der Waals surface area contributed by atoms with Gasteiger partial charge >= 0.3 is 0 Å². The molecule has 2 aromatic rings. The lowest BCUT2D eigenvalue weighted by Gasteiger charge is -2.09. The molecule has 102 valence electrons. The SMILES string of the molecule is CC(C)[C@@H](N)c1nc(-c2cc(F)c(F)c(F)c2)no1. The van der Waals surface area contributed by atoms with Gasteiger partial charge < -0.3 is 10.3 Å². The molecule has 2 N–H and O–H groups in total. The van der Waals surface area contributed by atoms with Gasteiger partial charge in [-0.3, -0.25) is 0 Å². The Balaban J connectivity index is 2.38. The molecular weight excluding hydrogens is 259 g/mol. The van der Waals surface area contributed by atoms with E-state index in [0.717, 1.165) is 12.1 Å². The second kappa shape index (κ2) is 5.00. The summed E-state index contributed by atoms with van der Waals surface area (Å²) in [5, 5.41) is 3.58. The first-order valence-corrected chi connectivity index (χ1v) is 5.64. The first kappa shape index (κ1) is 13.5. The van der Waals surface area contributed by atoms with E-state index in [1.54, 1.807) is 0 Å². The van der Waals surface area contributed by atoms with Crippen LogP contribution in [0.4, 0.5) is 13.2 Å². The smallest absolute Gasteiger partial charge is 0.244 e. The fourth-order valence-electron chi connectivity index (χ4n) is 1.46. The number of hydrogen-bond acceptors (Lipinski definition) is 4. The van der Waals surface area contributed by atoms with Gasteiger partial charge in [0, 0.05) is 5.56 Å². The van der Waals surface area contributed by atoms with Crippen LogP contribution in [0.1, 0.15) is 25.8 Å². The lowest BCUT2D eigenvalue weighted by atomic mass is 10.1. The number of nitrogens with zero attached hydrogens (tertiary/aromatic N) is 2. The van der Waals surface area contributed by atoms with Crippen LogP contribution in [-0.2, 0) is 0 Å². The molecule has 0 aliphatic carbocycles. The van der Waals surface area contributed by atoms with E-state index in [4.69, 9.17) is 10.3 Å². The number of rotatable bonds is 3. The first-order chi connectivity index (χ1) is 8.90. The van der Waals surface area contributed by atoms with Gasteiger partial charge in [-0.2, -0.15) is 4.98 Å². The lowest BCUT2D eigenvalue weighted by molar-refractivity contribution is 0.325. The highest BCUT2D eigenvalue weighted by Crippen LogP contribution is 2.24. The highest BCUT2D eigenvalue weighted by molar-refractivity contribution is 5.54. The molecule has 0 saturated carbocycles. The zero-order valence-electron chi connectivity index (χ0n) is 10.3. The molecule has 0 saturated heterocycles. The molecule has 0 spiro atoms. The maximum atomic E-state index is 13.1. The van der Waals surface area contributed by atoms with Crippen molar-refractivity contribution in [2.45, 2.75) is 19.9 Å². The highest BCUT2D eigenvalue weighted by atomic mass is 19.2. The minimum absolute atomic E-state index is 0.0117. The van der Waals surface area contributed by atoms with Crippen LogP contribution in [0.25, 0.3) is 11.4 Å². The van der Waals surface area contributed by atoms with Gasteiger partial charge in [0.25, 0.3) is 0 Å². The maximum Gasteiger partial charge on any atom is 0.244 e. The third kappa shape index (κ3) is 2.60. The van der Waals surface area contributed by atoms with Gasteiger partial charge in [-0.05, 0) is 18.1 Å². The van der Waals surface area contributed by atoms with E-state index in [-0.39, 0.29) is 23.2 Å². The Morgan fingerprint density at radius 3 is 2.26 bits per heavy atom. The Morgan fingerprint density at radius 1 is 1.16 bits per heavy atom. The van der Waals surface area contributed by atoms with Gasteiger partial charge in [-0.15, -0.1) is 0 Å². The average molecular weight is 271 g/mol. The summed E-state index contributed by atoms with van der Waals surface area (Å²) >= 11 is 0. The molecule has 2 rings (SSSR count). The van der Waals surface area contributed by atoms with Gasteiger partial charge in [0.15, 0.2) is 17.5 Å². The molecule has 1 atom stereocenters. The Labute approximate surface area is 107 Å². The molecule has 0 amide bonds. The zero-order chi connectivity index (χ0) is 14.2. The van der Waals surface area contributed by atoms with Crippen molar-refractivity contribution in [2.24, 2.45) is 11.7 Å². The molecule has 0 fully saturated rings. The quantitative estimate of drug-likeness (QED) is 0.872. The molecule has 1 aromatic heterocycles. The molecule has 0 unspecified atom stereocenters. The number of halogens is 3. The number of nitrogens with two attached hydrogens (primary N) is 1. The summed E-state index contributed by atoms with van der Waals surface area (Å²) < 4.78 is 43.9. The minimum Gasteiger partial charge on any atom is -0.337 e. The van der Waals surface area contributed by atoms with Crippen molar-refractivity contribution >= 4 is 0 Å². The number of hydrogen-bond donors (Lipinski definition) is 1. The van der Waals surface area contributed by atoms with Crippen LogP contribution in [0.2, 0.25) is 0 Å². The Hall–Kier alpha value is -1.89. The summed E-state index contributed by atoms with van der Waals surface area (Å²) in [4.78, 5) is 3.95. The van der Waals surface area contributed by atoms with E-state index in [1.165, 1.54) is 0 Å². The summed E-state index contributed by atoms with van der Waals surface area (Å²) in [6, 6.07) is 1.12. The van der Waals surface area contributed by atoms with E-state index < -0.39 is 23.5 Å². The Morgan fingerprint density at radius 2 is 1.74 bits per heavy atom. The molecule has 0 aliphatic rings. The maximum absolute atomic E-state index is 13.1. The van der Waals surface area contributed by atoms with E-state index in [9.17, 15) is 13.2 Å². The van der Waals surface area contributed by atoms with E-state index in [1.807, 2.05) is 13.8 Å². The van der Waals surface area contributed by atoms with Crippen molar-refractivity contribution < 1.29 is 17.7 Å². The number of aromatic nitrogens is 2. The topological polar surface area (TPSA) is 64.9 Å². The van der Waals surface area contributed by atoms with Gasteiger partial charge in [0.1, 0.15) is 0 Å². The van der Waals surface area contributed by atoms with Crippen LogP contribution in [-0.4, -0.2) is 10.1 Å². The zero-order valence-corrected chi connectivity index (χ0v) is 10.3. The van der Waals surface area contributed by atoms with Gasteiger partial charge in [0.2, 0.25) is 11.7 Å².